The lowest BCUT2D eigenvalue weighted by Gasteiger charge is -2.65. The molecule has 0 spiro atoms. The Bertz CT molecular complexity index is 1150. The van der Waals surface area contributed by atoms with E-state index in [9.17, 15) is 39.1 Å². The molecule has 0 amide bonds. The fraction of sp³-hybridized carbons (Fsp3) is 1.00. The van der Waals surface area contributed by atoms with Crippen LogP contribution in [0.1, 0.15) is 92.4 Å². The molecule has 0 aromatic carbocycles. The molecule has 12 nitrogen and oxygen atoms in total. The summed E-state index contributed by atoms with van der Waals surface area (Å²) >= 11 is 0. The molecule has 45 heavy (non-hydrogen) atoms. The van der Waals surface area contributed by atoms with E-state index < -0.39 is 70.9 Å². The lowest BCUT2D eigenvalue weighted by Crippen LogP contribution is -2.69. The van der Waals surface area contributed by atoms with Crippen molar-refractivity contribution in [1.29, 1.82) is 0 Å². The predicted molar refractivity (Wildman–Crippen MR) is 162 cm³/mol. The van der Waals surface area contributed by atoms with Gasteiger partial charge in [-0.1, -0.05) is 34.6 Å². The van der Waals surface area contributed by atoms with Crippen LogP contribution in [0.4, 0.5) is 0 Å². The predicted octanol–water partition coefficient (Wildman–Crippen LogP) is 1.79. The molecule has 0 aromatic heterocycles. The summed E-state index contributed by atoms with van der Waals surface area (Å²) in [5.41, 5.74) is -1.97. The van der Waals surface area contributed by atoms with E-state index in [1.807, 2.05) is 13.8 Å². The van der Waals surface area contributed by atoms with E-state index in [1.54, 1.807) is 0 Å². The highest BCUT2D eigenvalue weighted by molar-refractivity contribution is 7.80. The van der Waals surface area contributed by atoms with E-state index in [-0.39, 0.29) is 53.4 Å². The Morgan fingerprint density at radius 1 is 0.956 bits per heavy atom. The molecule has 0 bridgehead atoms. The standard InChI is InChI=1S/C32H56O12S/c1-16(2)23(43-29-28(37)27(36)24(15-42-29)44-45(39,40)41)7-6-17(3)21-13-22(34)26-19-12-25(35)32(38)14-18(33)8-11-31(32,5)20(19)9-10-30(21,26)4/h16-29,33-38H,6-15H2,1-5H3,(H,39,40,41). The molecule has 1 heterocycles. The van der Waals surface area contributed by atoms with Gasteiger partial charge in [0, 0.05) is 11.8 Å². The van der Waals surface area contributed by atoms with Crippen molar-refractivity contribution < 1.29 is 57.3 Å². The van der Waals surface area contributed by atoms with Crippen molar-refractivity contribution in [2.75, 3.05) is 6.61 Å². The highest BCUT2D eigenvalue weighted by atomic mass is 32.3. The van der Waals surface area contributed by atoms with Crippen LogP contribution < -0.4 is 0 Å². The average Bonchev–Trinajstić information content (AvgIpc) is 3.21. The second kappa shape index (κ2) is 12.8. The van der Waals surface area contributed by atoms with Crippen molar-refractivity contribution in [2.45, 2.75) is 147 Å². The fourth-order valence-corrected chi connectivity index (χ4v) is 11.2. The minimum atomic E-state index is -4.84. The van der Waals surface area contributed by atoms with Crippen molar-refractivity contribution >= 4 is 10.4 Å². The molecule has 5 aliphatic rings. The Morgan fingerprint density at radius 2 is 1.64 bits per heavy atom. The van der Waals surface area contributed by atoms with Crippen LogP contribution in [0.3, 0.4) is 0 Å². The fourth-order valence-electron chi connectivity index (χ4n) is 10.7. The van der Waals surface area contributed by atoms with Gasteiger partial charge in [0.2, 0.25) is 0 Å². The highest BCUT2D eigenvalue weighted by Gasteiger charge is 2.69. The first-order valence-corrected chi connectivity index (χ1v) is 18.2. The third-order valence-corrected chi connectivity index (χ3v) is 13.7. The van der Waals surface area contributed by atoms with Gasteiger partial charge in [0.15, 0.2) is 6.29 Å². The monoisotopic (exact) mass is 664 g/mol. The normalized spacial score (nSPS) is 50.0. The Hall–Kier alpha value is -0.450. The maximum Gasteiger partial charge on any atom is 0.397 e. The Balaban J connectivity index is 1.24. The molecular formula is C32H56O12S. The van der Waals surface area contributed by atoms with Gasteiger partial charge >= 0.3 is 10.4 Å². The van der Waals surface area contributed by atoms with Gasteiger partial charge in [0.25, 0.3) is 0 Å². The molecule has 5 rings (SSSR count). The number of hydrogen-bond acceptors (Lipinski definition) is 11. The lowest BCUT2D eigenvalue weighted by atomic mass is 9.42. The number of aliphatic hydroxyl groups is 6. The lowest BCUT2D eigenvalue weighted by molar-refractivity contribution is -0.283. The van der Waals surface area contributed by atoms with Gasteiger partial charge in [-0.3, -0.25) is 4.55 Å². The first kappa shape index (κ1) is 35.8. The molecule has 0 radical (unpaired) electrons. The van der Waals surface area contributed by atoms with Crippen LogP contribution in [0.5, 0.6) is 0 Å². The van der Waals surface area contributed by atoms with Crippen molar-refractivity contribution in [3.63, 3.8) is 0 Å². The van der Waals surface area contributed by atoms with Gasteiger partial charge in [0.1, 0.15) is 18.3 Å². The quantitative estimate of drug-likeness (QED) is 0.176. The van der Waals surface area contributed by atoms with Gasteiger partial charge in [-0.05, 0) is 92.3 Å². The molecule has 7 N–H and O–H groups in total. The zero-order chi connectivity index (χ0) is 33.3. The third kappa shape index (κ3) is 6.38. The van der Waals surface area contributed by atoms with E-state index in [0.717, 1.165) is 19.3 Å². The average molecular weight is 665 g/mol. The zero-order valence-electron chi connectivity index (χ0n) is 27.2. The maximum atomic E-state index is 11.7. The summed E-state index contributed by atoms with van der Waals surface area (Å²) in [4.78, 5) is 0. The molecule has 262 valence electrons. The van der Waals surface area contributed by atoms with Gasteiger partial charge in [-0.25, -0.2) is 4.18 Å². The first-order valence-electron chi connectivity index (χ1n) is 16.9. The van der Waals surface area contributed by atoms with Crippen LogP contribution in [0.25, 0.3) is 0 Å². The Morgan fingerprint density at radius 3 is 2.29 bits per heavy atom. The summed E-state index contributed by atoms with van der Waals surface area (Å²) in [5.74, 6) is 0.775. The van der Waals surface area contributed by atoms with E-state index in [0.29, 0.717) is 32.1 Å². The van der Waals surface area contributed by atoms with Crippen LogP contribution in [0.15, 0.2) is 0 Å². The van der Waals surface area contributed by atoms with Crippen molar-refractivity contribution in [2.24, 2.45) is 46.3 Å². The summed E-state index contributed by atoms with van der Waals surface area (Å²) in [6, 6.07) is 0. The van der Waals surface area contributed by atoms with Crippen molar-refractivity contribution in [1.82, 2.24) is 0 Å². The molecule has 13 heteroatoms. The molecule has 5 fully saturated rings. The molecule has 4 aliphatic carbocycles. The molecule has 4 saturated carbocycles. The highest BCUT2D eigenvalue weighted by Crippen LogP contribution is 2.69. The van der Waals surface area contributed by atoms with E-state index in [2.05, 4.69) is 25.0 Å². The summed E-state index contributed by atoms with van der Waals surface area (Å²) < 4.78 is 47.1. The molecule has 16 unspecified atom stereocenters. The molecule has 1 saturated heterocycles. The topological polar surface area (TPSA) is 203 Å². The minimum absolute atomic E-state index is 0.00824. The first-order chi connectivity index (χ1) is 20.8. The number of aliphatic hydroxyl groups excluding tert-OH is 5. The second-order valence-electron chi connectivity index (χ2n) is 16.0. The number of fused-ring (bicyclic) bond motifs is 5. The second-order valence-corrected chi connectivity index (χ2v) is 17.0. The Kier molecular flexibility index (Phi) is 10.2. The van der Waals surface area contributed by atoms with Gasteiger partial charge < -0.3 is 40.1 Å². The summed E-state index contributed by atoms with van der Waals surface area (Å²) in [6.45, 7) is 10.2. The Labute approximate surface area is 267 Å². The van der Waals surface area contributed by atoms with Gasteiger partial charge in [-0.15, -0.1) is 0 Å². The minimum Gasteiger partial charge on any atom is -0.393 e. The van der Waals surface area contributed by atoms with Gasteiger partial charge in [-0.2, -0.15) is 8.42 Å². The van der Waals surface area contributed by atoms with Crippen molar-refractivity contribution in [3.8, 4) is 0 Å². The molecular weight excluding hydrogens is 608 g/mol. The van der Waals surface area contributed by atoms with E-state index in [1.165, 1.54) is 0 Å². The number of hydrogen-bond donors (Lipinski definition) is 7. The van der Waals surface area contributed by atoms with Crippen LogP contribution in [-0.2, 0) is 24.1 Å². The van der Waals surface area contributed by atoms with E-state index >= 15 is 0 Å². The largest absolute Gasteiger partial charge is 0.397 e. The molecule has 16 atom stereocenters. The SMILES string of the molecule is CC(C)C(CCC(C)C1CC(O)C2C3CC(O)C4(O)CC(O)CCC4(C)C3CCC12C)OC1OCC(OS(=O)(=O)O)C(O)C1O. The van der Waals surface area contributed by atoms with Crippen molar-refractivity contribution in [3.05, 3.63) is 0 Å². The maximum absolute atomic E-state index is 11.7. The van der Waals surface area contributed by atoms with Crippen LogP contribution in [-0.4, -0.2) is 105 Å². The van der Waals surface area contributed by atoms with Crippen LogP contribution >= 0.6 is 0 Å². The van der Waals surface area contributed by atoms with Crippen LogP contribution in [0, 0.1) is 46.3 Å². The summed E-state index contributed by atoms with van der Waals surface area (Å²) in [7, 11) is -4.84. The third-order valence-electron chi connectivity index (χ3n) is 13.2. The summed E-state index contributed by atoms with van der Waals surface area (Å²) in [6.07, 6.45) is -2.47. The number of ether oxygens (including phenoxy) is 2. The molecule has 0 aromatic rings. The van der Waals surface area contributed by atoms with Crippen LogP contribution in [0.2, 0.25) is 0 Å². The smallest absolute Gasteiger partial charge is 0.393 e. The number of rotatable bonds is 9. The zero-order valence-corrected chi connectivity index (χ0v) is 28.1. The summed E-state index contributed by atoms with van der Waals surface area (Å²) in [5, 5.41) is 66.0. The van der Waals surface area contributed by atoms with E-state index in [4.69, 9.17) is 14.0 Å². The molecule has 1 aliphatic heterocycles. The van der Waals surface area contributed by atoms with Gasteiger partial charge in [0.05, 0.1) is 36.6 Å².